The molecule has 0 radical (unpaired) electrons. The van der Waals surface area contributed by atoms with Gasteiger partial charge in [-0.25, -0.2) is 4.79 Å². The average Bonchev–Trinajstić information content (AvgIpc) is 3.15. The fourth-order valence-corrected chi connectivity index (χ4v) is 3.79. The highest BCUT2D eigenvalue weighted by atomic mass is 32.1. The summed E-state index contributed by atoms with van der Waals surface area (Å²) < 4.78 is 8.21. The van der Waals surface area contributed by atoms with Gasteiger partial charge < -0.3 is 19.1 Å². The van der Waals surface area contributed by atoms with Gasteiger partial charge in [-0.1, -0.05) is 0 Å². The molecule has 7 heteroatoms. The van der Waals surface area contributed by atoms with Gasteiger partial charge in [0, 0.05) is 32.7 Å². The minimum absolute atomic E-state index is 0.0405. The zero-order valence-corrected chi connectivity index (χ0v) is 14.3. The average molecular weight is 335 g/mol. The van der Waals surface area contributed by atoms with Gasteiger partial charge in [0.1, 0.15) is 5.69 Å². The maximum Gasteiger partial charge on any atom is 0.409 e. The number of carbonyl (C=O) groups excluding carboxylic acids is 2. The molecule has 2 aromatic heterocycles. The van der Waals surface area contributed by atoms with Crippen molar-refractivity contribution >= 4 is 33.6 Å². The molecule has 2 amide bonds. The molecule has 1 aliphatic rings. The van der Waals surface area contributed by atoms with E-state index < -0.39 is 0 Å². The molecule has 0 saturated carbocycles. The Bertz CT molecular complexity index is 713. The monoisotopic (exact) mass is 335 g/mol. The summed E-state index contributed by atoms with van der Waals surface area (Å²) in [7, 11) is 0. The molecule has 0 aliphatic carbocycles. The van der Waals surface area contributed by atoms with E-state index >= 15 is 0 Å². The Balaban J connectivity index is 1.71. The summed E-state index contributed by atoms with van der Waals surface area (Å²) in [6.07, 6.45) is -0.294. The Morgan fingerprint density at radius 3 is 2.52 bits per heavy atom. The van der Waals surface area contributed by atoms with Crippen LogP contribution in [0.15, 0.2) is 17.5 Å². The number of thiophene rings is 1. The zero-order chi connectivity index (χ0) is 16.4. The molecule has 0 aromatic carbocycles. The lowest BCUT2D eigenvalue weighted by Crippen LogP contribution is -2.51. The number of amides is 2. The maximum atomic E-state index is 12.8. The van der Waals surface area contributed by atoms with Gasteiger partial charge in [-0.15, -0.1) is 11.3 Å². The highest BCUT2D eigenvalue weighted by Gasteiger charge is 2.27. The molecule has 0 atom stereocenters. The molecule has 3 heterocycles. The van der Waals surface area contributed by atoms with Crippen molar-refractivity contribution < 1.29 is 14.3 Å². The van der Waals surface area contributed by atoms with Crippen molar-refractivity contribution in [2.24, 2.45) is 0 Å². The number of piperazine rings is 1. The minimum atomic E-state index is -0.294. The first-order valence-electron chi connectivity index (χ1n) is 7.93. The quantitative estimate of drug-likeness (QED) is 0.866. The number of hydrogen-bond acceptors (Lipinski definition) is 4. The molecule has 0 unspecified atom stereocenters. The number of nitrogens with zero attached hydrogens (tertiary/aromatic N) is 3. The lowest BCUT2D eigenvalue weighted by molar-refractivity contribution is 0.0562. The van der Waals surface area contributed by atoms with Crippen LogP contribution in [0.25, 0.3) is 10.2 Å². The fraction of sp³-hybridized carbons (Fsp3) is 0.500. The summed E-state index contributed by atoms with van der Waals surface area (Å²) in [4.78, 5) is 28.0. The number of ether oxygens (including phenoxy) is 1. The van der Waals surface area contributed by atoms with Gasteiger partial charge in [0.15, 0.2) is 0 Å². The van der Waals surface area contributed by atoms with Crippen molar-refractivity contribution in [3.8, 4) is 0 Å². The highest BCUT2D eigenvalue weighted by Crippen LogP contribution is 2.26. The third-order valence-corrected chi connectivity index (χ3v) is 5.00. The Hall–Kier alpha value is -2.02. The van der Waals surface area contributed by atoms with Gasteiger partial charge in [0.25, 0.3) is 5.91 Å². The highest BCUT2D eigenvalue weighted by molar-refractivity contribution is 7.17. The molecular weight excluding hydrogens is 314 g/mol. The molecule has 1 fully saturated rings. The van der Waals surface area contributed by atoms with Gasteiger partial charge in [-0.3, -0.25) is 4.79 Å². The van der Waals surface area contributed by atoms with Gasteiger partial charge >= 0.3 is 6.09 Å². The third-order valence-electron chi connectivity index (χ3n) is 4.15. The van der Waals surface area contributed by atoms with Crippen LogP contribution in [0.2, 0.25) is 0 Å². The van der Waals surface area contributed by atoms with Crippen molar-refractivity contribution in [3.05, 3.63) is 23.2 Å². The molecule has 0 N–H and O–H groups in total. The summed E-state index contributed by atoms with van der Waals surface area (Å²) >= 11 is 1.65. The number of rotatable bonds is 3. The van der Waals surface area contributed by atoms with Crippen molar-refractivity contribution in [1.82, 2.24) is 14.4 Å². The summed E-state index contributed by atoms with van der Waals surface area (Å²) in [5.41, 5.74) is 1.85. The molecule has 124 valence electrons. The van der Waals surface area contributed by atoms with Gasteiger partial charge in [-0.2, -0.15) is 0 Å². The summed E-state index contributed by atoms with van der Waals surface area (Å²) in [5.74, 6) is 0.0405. The number of fused-ring (bicyclic) bond motifs is 1. The standard InChI is InChI=1S/C16H21N3O3S/c1-3-19-12-5-10-23-14(12)11-13(19)15(20)17-6-8-18(9-7-17)16(21)22-4-2/h5,10-11H,3-4,6-9H2,1-2H3. The summed E-state index contributed by atoms with van der Waals surface area (Å²) in [6.45, 7) is 7.11. The Morgan fingerprint density at radius 1 is 1.17 bits per heavy atom. The van der Waals surface area contributed by atoms with Crippen molar-refractivity contribution in [3.63, 3.8) is 0 Å². The minimum Gasteiger partial charge on any atom is -0.450 e. The SMILES string of the molecule is CCOC(=O)N1CCN(C(=O)c2cc3sccc3n2CC)CC1. The Morgan fingerprint density at radius 2 is 1.87 bits per heavy atom. The van der Waals surface area contributed by atoms with Crippen LogP contribution in [0.3, 0.4) is 0 Å². The molecule has 0 bridgehead atoms. The molecule has 23 heavy (non-hydrogen) atoms. The number of aromatic nitrogens is 1. The van der Waals surface area contributed by atoms with Crippen LogP contribution >= 0.6 is 11.3 Å². The molecule has 6 nitrogen and oxygen atoms in total. The second kappa shape index (κ2) is 6.62. The smallest absolute Gasteiger partial charge is 0.409 e. The van der Waals surface area contributed by atoms with Crippen LogP contribution in [0.1, 0.15) is 24.3 Å². The normalized spacial score (nSPS) is 15.2. The van der Waals surface area contributed by atoms with Gasteiger partial charge in [0.05, 0.1) is 16.8 Å². The van der Waals surface area contributed by atoms with Crippen LogP contribution in [0.5, 0.6) is 0 Å². The van der Waals surface area contributed by atoms with E-state index in [2.05, 4.69) is 10.6 Å². The second-order valence-corrected chi connectivity index (χ2v) is 6.37. The molecule has 0 spiro atoms. The Kier molecular flexibility index (Phi) is 4.56. The van der Waals surface area contributed by atoms with E-state index in [9.17, 15) is 9.59 Å². The molecular formula is C16H21N3O3S. The van der Waals surface area contributed by atoms with E-state index in [0.717, 1.165) is 22.5 Å². The summed E-state index contributed by atoms with van der Waals surface area (Å²) in [6, 6.07) is 4.03. The van der Waals surface area contributed by atoms with E-state index in [0.29, 0.717) is 32.8 Å². The van der Waals surface area contributed by atoms with E-state index in [1.54, 1.807) is 23.2 Å². The van der Waals surface area contributed by atoms with E-state index in [1.165, 1.54) is 0 Å². The predicted molar refractivity (Wildman–Crippen MR) is 90.0 cm³/mol. The van der Waals surface area contributed by atoms with E-state index in [1.807, 2.05) is 23.3 Å². The lowest BCUT2D eigenvalue weighted by atomic mass is 10.3. The van der Waals surface area contributed by atoms with Gasteiger partial charge in [-0.05, 0) is 31.4 Å². The Labute approximate surface area is 139 Å². The maximum absolute atomic E-state index is 12.8. The van der Waals surface area contributed by atoms with Crippen LogP contribution in [0.4, 0.5) is 4.79 Å². The zero-order valence-electron chi connectivity index (χ0n) is 13.4. The first kappa shape index (κ1) is 15.9. The molecule has 2 aromatic rings. The lowest BCUT2D eigenvalue weighted by Gasteiger charge is -2.34. The number of aryl methyl sites for hydroxylation is 1. The van der Waals surface area contributed by atoms with Gasteiger partial charge in [0.2, 0.25) is 0 Å². The first-order chi connectivity index (χ1) is 11.2. The van der Waals surface area contributed by atoms with Crippen molar-refractivity contribution in [1.29, 1.82) is 0 Å². The van der Waals surface area contributed by atoms with E-state index in [-0.39, 0.29) is 12.0 Å². The van der Waals surface area contributed by atoms with Crippen LogP contribution in [0, 0.1) is 0 Å². The molecule has 1 aliphatic heterocycles. The van der Waals surface area contributed by atoms with Crippen molar-refractivity contribution in [2.45, 2.75) is 20.4 Å². The van der Waals surface area contributed by atoms with E-state index in [4.69, 9.17) is 4.74 Å². The molecule has 3 rings (SSSR count). The summed E-state index contributed by atoms with van der Waals surface area (Å²) in [5, 5.41) is 2.04. The number of carbonyl (C=O) groups is 2. The van der Waals surface area contributed by atoms with Crippen molar-refractivity contribution in [2.75, 3.05) is 32.8 Å². The van der Waals surface area contributed by atoms with Crippen LogP contribution in [-0.4, -0.2) is 59.2 Å². The topological polar surface area (TPSA) is 54.8 Å². The van der Waals surface area contributed by atoms with Crippen LogP contribution in [-0.2, 0) is 11.3 Å². The second-order valence-electron chi connectivity index (χ2n) is 5.42. The van der Waals surface area contributed by atoms with Crippen LogP contribution < -0.4 is 0 Å². The predicted octanol–water partition coefficient (Wildman–Crippen LogP) is 2.64. The third kappa shape index (κ3) is 2.93. The number of hydrogen-bond donors (Lipinski definition) is 0. The largest absolute Gasteiger partial charge is 0.450 e. The first-order valence-corrected chi connectivity index (χ1v) is 8.81. The molecule has 1 saturated heterocycles. The fourth-order valence-electron chi connectivity index (χ4n) is 2.96.